The first kappa shape index (κ1) is 13.3. The minimum Gasteiger partial charge on any atom is -0.476 e. The third-order valence-corrected chi connectivity index (χ3v) is 2.82. The Morgan fingerprint density at radius 3 is 2.68 bits per heavy atom. The largest absolute Gasteiger partial charge is 0.476 e. The third kappa shape index (κ3) is 2.99. The first-order valence-electron chi connectivity index (χ1n) is 6.08. The highest BCUT2D eigenvalue weighted by Gasteiger charge is 2.23. The standard InChI is InChI=1S/C14H17N3O2/c1-14(2,3)12-7-11(13(18)19)16-17(12)9-10-5-4-6-15-8-10/h4-8H,9H2,1-3H3,(H,18,19). The number of aromatic carboxylic acids is 1. The quantitative estimate of drug-likeness (QED) is 0.918. The smallest absolute Gasteiger partial charge is 0.356 e. The van der Waals surface area contributed by atoms with Crippen molar-refractivity contribution >= 4 is 5.97 Å². The van der Waals surface area contributed by atoms with Crippen LogP contribution >= 0.6 is 0 Å². The van der Waals surface area contributed by atoms with Crippen molar-refractivity contribution in [3.8, 4) is 0 Å². The number of nitrogens with zero attached hydrogens (tertiary/aromatic N) is 3. The second-order valence-electron chi connectivity index (χ2n) is 5.49. The Kier molecular flexibility index (Phi) is 3.38. The summed E-state index contributed by atoms with van der Waals surface area (Å²) >= 11 is 0. The van der Waals surface area contributed by atoms with Crippen LogP contribution in [0.15, 0.2) is 30.6 Å². The monoisotopic (exact) mass is 259 g/mol. The van der Waals surface area contributed by atoms with Crippen LogP contribution in [0.25, 0.3) is 0 Å². The highest BCUT2D eigenvalue weighted by molar-refractivity contribution is 5.85. The normalized spacial score (nSPS) is 11.5. The van der Waals surface area contributed by atoms with E-state index in [1.807, 2.05) is 32.9 Å². The number of hydrogen-bond acceptors (Lipinski definition) is 3. The molecule has 2 aromatic rings. The van der Waals surface area contributed by atoms with E-state index in [4.69, 9.17) is 5.11 Å². The molecule has 1 N–H and O–H groups in total. The van der Waals surface area contributed by atoms with Gasteiger partial charge in [-0.1, -0.05) is 26.8 Å². The maximum Gasteiger partial charge on any atom is 0.356 e. The molecular weight excluding hydrogens is 242 g/mol. The van der Waals surface area contributed by atoms with Gasteiger partial charge in [0.25, 0.3) is 0 Å². The SMILES string of the molecule is CC(C)(C)c1cc(C(=O)O)nn1Cc1cccnc1. The summed E-state index contributed by atoms with van der Waals surface area (Å²) in [6, 6.07) is 5.44. The molecule has 100 valence electrons. The van der Waals surface area contributed by atoms with Crippen LogP contribution in [0, 0.1) is 0 Å². The van der Waals surface area contributed by atoms with E-state index in [1.165, 1.54) is 0 Å². The van der Waals surface area contributed by atoms with Crippen molar-refractivity contribution in [1.82, 2.24) is 14.8 Å². The molecule has 0 aliphatic heterocycles. The lowest BCUT2D eigenvalue weighted by atomic mass is 9.92. The minimum atomic E-state index is -1.00. The number of carbonyl (C=O) groups is 1. The Morgan fingerprint density at radius 2 is 2.16 bits per heavy atom. The molecule has 2 rings (SSSR count). The molecule has 0 radical (unpaired) electrons. The zero-order valence-electron chi connectivity index (χ0n) is 11.3. The summed E-state index contributed by atoms with van der Waals surface area (Å²) in [5, 5.41) is 13.2. The van der Waals surface area contributed by atoms with Crippen LogP contribution in [0.5, 0.6) is 0 Å². The number of carboxylic acids is 1. The van der Waals surface area contributed by atoms with E-state index in [2.05, 4.69) is 10.1 Å². The third-order valence-electron chi connectivity index (χ3n) is 2.82. The van der Waals surface area contributed by atoms with Gasteiger partial charge in [-0.05, 0) is 17.7 Å². The van der Waals surface area contributed by atoms with Gasteiger partial charge in [-0.2, -0.15) is 5.10 Å². The second kappa shape index (κ2) is 4.84. The summed E-state index contributed by atoms with van der Waals surface area (Å²) in [6.07, 6.45) is 3.47. The summed E-state index contributed by atoms with van der Waals surface area (Å²) < 4.78 is 1.74. The van der Waals surface area contributed by atoms with Crippen molar-refractivity contribution in [2.75, 3.05) is 0 Å². The fourth-order valence-electron chi connectivity index (χ4n) is 1.91. The molecule has 5 heteroatoms. The summed E-state index contributed by atoms with van der Waals surface area (Å²) in [7, 11) is 0. The van der Waals surface area contributed by atoms with Crippen molar-refractivity contribution < 1.29 is 9.90 Å². The summed E-state index contributed by atoms with van der Waals surface area (Å²) in [5.41, 5.74) is 1.80. The summed E-state index contributed by atoms with van der Waals surface area (Å²) in [4.78, 5) is 15.1. The van der Waals surface area contributed by atoms with Gasteiger partial charge in [-0.15, -0.1) is 0 Å². The number of rotatable bonds is 3. The van der Waals surface area contributed by atoms with Crippen molar-refractivity contribution in [3.63, 3.8) is 0 Å². The molecule has 0 amide bonds. The van der Waals surface area contributed by atoms with E-state index in [0.29, 0.717) is 6.54 Å². The van der Waals surface area contributed by atoms with Crippen molar-refractivity contribution in [1.29, 1.82) is 0 Å². The lowest BCUT2D eigenvalue weighted by Gasteiger charge is -2.20. The van der Waals surface area contributed by atoms with Gasteiger partial charge in [-0.3, -0.25) is 9.67 Å². The Hall–Kier alpha value is -2.17. The van der Waals surface area contributed by atoms with Gasteiger partial charge in [0.15, 0.2) is 5.69 Å². The molecule has 0 bridgehead atoms. The predicted octanol–water partition coefficient (Wildman–Crippen LogP) is 2.32. The molecule has 0 aliphatic rings. The Labute approximate surface area is 111 Å². The van der Waals surface area contributed by atoms with Gasteiger partial charge in [0, 0.05) is 23.5 Å². The number of pyridine rings is 1. The molecule has 0 unspecified atom stereocenters. The topological polar surface area (TPSA) is 68.0 Å². The van der Waals surface area contributed by atoms with Gasteiger partial charge in [0.05, 0.1) is 6.54 Å². The van der Waals surface area contributed by atoms with Crippen LogP contribution in [0.3, 0.4) is 0 Å². The molecule has 2 heterocycles. The van der Waals surface area contributed by atoms with Crippen LogP contribution in [0.2, 0.25) is 0 Å². The fraction of sp³-hybridized carbons (Fsp3) is 0.357. The van der Waals surface area contributed by atoms with Gasteiger partial charge in [0.2, 0.25) is 0 Å². The zero-order valence-corrected chi connectivity index (χ0v) is 11.3. The molecule has 5 nitrogen and oxygen atoms in total. The van der Waals surface area contributed by atoms with Crippen LogP contribution in [0.1, 0.15) is 42.5 Å². The molecule has 0 spiro atoms. The summed E-state index contributed by atoms with van der Waals surface area (Å²) in [6.45, 7) is 6.63. The van der Waals surface area contributed by atoms with Crippen molar-refractivity contribution in [2.24, 2.45) is 0 Å². The maximum absolute atomic E-state index is 11.1. The molecule has 0 aliphatic carbocycles. The van der Waals surface area contributed by atoms with Gasteiger partial charge in [-0.25, -0.2) is 4.79 Å². The average Bonchev–Trinajstić information content (AvgIpc) is 2.74. The van der Waals surface area contributed by atoms with E-state index in [0.717, 1.165) is 11.3 Å². The zero-order chi connectivity index (χ0) is 14.0. The maximum atomic E-state index is 11.1. The first-order chi connectivity index (χ1) is 8.88. The van der Waals surface area contributed by atoms with E-state index in [9.17, 15) is 4.79 Å². The molecule has 0 saturated heterocycles. The average molecular weight is 259 g/mol. The van der Waals surface area contributed by atoms with E-state index >= 15 is 0 Å². The van der Waals surface area contributed by atoms with E-state index < -0.39 is 5.97 Å². The molecule has 2 aromatic heterocycles. The fourth-order valence-corrected chi connectivity index (χ4v) is 1.91. The molecule has 0 saturated carbocycles. The minimum absolute atomic E-state index is 0.0776. The van der Waals surface area contributed by atoms with Crippen molar-refractivity contribution in [3.05, 3.63) is 47.5 Å². The summed E-state index contributed by atoms with van der Waals surface area (Å²) in [5.74, 6) is -1.00. The van der Waals surface area contributed by atoms with Crippen LogP contribution in [-0.2, 0) is 12.0 Å². The first-order valence-corrected chi connectivity index (χ1v) is 6.08. The number of carboxylic acid groups (broad SMARTS) is 1. The second-order valence-corrected chi connectivity index (χ2v) is 5.49. The van der Waals surface area contributed by atoms with Crippen molar-refractivity contribution in [2.45, 2.75) is 32.7 Å². The predicted molar refractivity (Wildman–Crippen MR) is 71.2 cm³/mol. The molecule has 0 fully saturated rings. The van der Waals surface area contributed by atoms with Crippen LogP contribution in [0.4, 0.5) is 0 Å². The number of aromatic nitrogens is 3. The lowest BCUT2D eigenvalue weighted by molar-refractivity contribution is 0.0689. The highest BCUT2D eigenvalue weighted by Crippen LogP contribution is 2.23. The van der Waals surface area contributed by atoms with Gasteiger partial charge < -0.3 is 5.11 Å². The van der Waals surface area contributed by atoms with Gasteiger partial charge >= 0.3 is 5.97 Å². The van der Waals surface area contributed by atoms with Crippen LogP contribution < -0.4 is 0 Å². The Bertz CT molecular complexity index is 582. The number of hydrogen-bond donors (Lipinski definition) is 1. The molecule has 0 atom stereocenters. The molecule has 19 heavy (non-hydrogen) atoms. The Balaban J connectivity index is 2.41. The van der Waals surface area contributed by atoms with E-state index in [-0.39, 0.29) is 11.1 Å². The molecular formula is C14H17N3O2. The highest BCUT2D eigenvalue weighted by atomic mass is 16.4. The van der Waals surface area contributed by atoms with Crippen LogP contribution in [-0.4, -0.2) is 25.8 Å². The van der Waals surface area contributed by atoms with Gasteiger partial charge in [0.1, 0.15) is 0 Å². The lowest BCUT2D eigenvalue weighted by Crippen LogP contribution is -2.19. The molecule has 0 aromatic carbocycles. The van der Waals surface area contributed by atoms with E-state index in [1.54, 1.807) is 23.1 Å². The Morgan fingerprint density at radius 1 is 1.42 bits per heavy atom.